The van der Waals surface area contributed by atoms with Gasteiger partial charge in [-0.3, -0.25) is 19.2 Å². The molecule has 2 saturated heterocycles. The van der Waals surface area contributed by atoms with Crippen LogP contribution in [0.4, 0.5) is 0 Å². The molecule has 0 aliphatic carbocycles. The van der Waals surface area contributed by atoms with Crippen molar-refractivity contribution < 1.29 is 39.7 Å². The molecule has 0 radical (unpaired) electrons. The first-order valence-corrected chi connectivity index (χ1v) is 11.3. The van der Waals surface area contributed by atoms with Gasteiger partial charge in [-0.05, 0) is 31.5 Å². The van der Waals surface area contributed by atoms with Crippen molar-refractivity contribution in [3.05, 3.63) is 29.8 Å². The normalized spacial score (nSPS) is 22.3. The van der Waals surface area contributed by atoms with E-state index in [4.69, 9.17) is 5.73 Å². The molecule has 13 nitrogen and oxygen atoms in total. The van der Waals surface area contributed by atoms with Crippen molar-refractivity contribution >= 4 is 100 Å². The number of nitrogens with zero attached hydrogens (tertiary/aromatic N) is 1. The SMILES string of the molecule is CNC(=O)C[C@@H](N)C(=O)N[C@@H](C(=O)N[C@@H]1C(=O)N2[C@@H]1SC(C)(C)[C@@H]2C(=O)O)c1ccc(O)cc1.O.[NaH].[NaH]. The molecule has 0 spiro atoms. The number of rotatable bonds is 8. The van der Waals surface area contributed by atoms with E-state index in [1.165, 1.54) is 48.0 Å². The van der Waals surface area contributed by atoms with Crippen LogP contribution in [0, 0.1) is 0 Å². The van der Waals surface area contributed by atoms with Crippen LogP contribution in [-0.2, 0) is 24.0 Å². The topological polar surface area (TPSA) is 223 Å². The molecule has 1 aromatic carbocycles. The summed E-state index contributed by atoms with van der Waals surface area (Å²) < 4.78 is -0.761. The van der Waals surface area contributed by atoms with Crippen LogP contribution in [0.5, 0.6) is 5.75 Å². The average Bonchev–Trinajstić information content (AvgIpc) is 3.03. The van der Waals surface area contributed by atoms with Gasteiger partial charge in [0.05, 0.1) is 12.5 Å². The van der Waals surface area contributed by atoms with Crippen molar-refractivity contribution in [2.75, 3.05) is 7.05 Å². The fourth-order valence-electron chi connectivity index (χ4n) is 3.99. The molecule has 9 N–H and O–H groups in total. The Kier molecular flexibility index (Phi) is 13.6. The van der Waals surface area contributed by atoms with Crippen LogP contribution in [0.15, 0.2) is 24.3 Å². The third kappa shape index (κ3) is 7.61. The molecule has 37 heavy (non-hydrogen) atoms. The van der Waals surface area contributed by atoms with Crippen LogP contribution in [0.3, 0.4) is 0 Å². The Morgan fingerprint density at radius 2 is 1.70 bits per heavy atom. The van der Waals surface area contributed by atoms with E-state index in [1.807, 2.05) is 0 Å². The third-order valence-corrected chi connectivity index (χ3v) is 7.34. The van der Waals surface area contributed by atoms with E-state index in [2.05, 4.69) is 16.0 Å². The number of phenolic OH excluding ortho intramolecular Hbond substituents is 1. The van der Waals surface area contributed by atoms with Crippen molar-refractivity contribution in [3.63, 3.8) is 0 Å². The fraction of sp³-hybridized carbons (Fsp3) is 0.476. The zero-order valence-electron chi connectivity index (χ0n) is 19.3. The van der Waals surface area contributed by atoms with E-state index in [0.29, 0.717) is 5.56 Å². The zero-order valence-corrected chi connectivity index (χ0v) is 20.1. The Balaban J connectivity index is 0.00000432. The number of nitrogens with one attached hydrogen (secondary N) is 3. The van der Waals surface area contributed by atoms with Crippen molar-refractivity contribution in [3.8, 4) is 5.75 Å². The molecule has 2 aliphatic heterocycles. The second-order valence-corrected chi connectivity index (χ2v) is 10.4. The van der Waals surface area contributed by atoms with Gasteiger partial charge in [0.25, 0.3) is 0 Å². The molecule has 2 heterocycles. The number of carboxylic acid groups (broad SMARTS) is 1. The summed E-state index contributed by atoms with van der Waals surface area (Å²) in [4.78, 5) is 62.9. The van der Waals surface area contributed by atoms with Gasteiger partial charge in [-0.1, -0.05) is 12.1 Å². The number of hydrogen-bond donors (Lipinski definition) is 6. The number of phenols is 1. The van der Waals surface area contributed by atoms with Crippen LogP contribution in [0.25, 0.3) is 0 Å². The minimum absolute atomic E-state index is 0. The summed E-state index contributed by atoms with van der Waals surface area (Å²) in [5, 5.41) is 26.0. The van der Waals surface area contributed by atoms with Crippen LogP contribution in [-0.4, -0.2) is 145 Å². The molecule has 196 valence electrons. The summed E-state index contributed by atoms with van der Waals surface area (Å²) in [7, 11) is 1.40. The number of carbonyl (C=O) groups is 5. The number of fused-ring (bicyclic) bond motifs is 1. The summed E-state index contributed by atoms with van der Waals surface area (Å²) in [6, 6.07) is 0.997. The zero-order chi connectivity index (χ0) is 25.4. The molecule has 5 atom stereocenters. The van der Waals surface area contributed by atoms with E-state index >= 15 is 0 Å². The molecule has 0 bridgehead atoms. The van der Waals surface area contributed by atoms with E-state index < -0.39 is 63.9 Å². The number of hydrogen-bond acceptors (Lipinski definition) is 8. The fourth-order valence-corrected chi connectivity index (χ4v) is 5.62. The van der Waals surface area contributed by atoms with Crippen LogP contribution in [0.2, 0.25) is 0 Å². The van der Waals surface area contributed by atoms with Crippen molar-refractivity contribution in [1.29, 1.82) is 0 Å². The first-order chi connectivity index (χ1) is 15.9. The van der Waals surface area contributed by atoms with Crippen molar-refractivity contribution in [2.45, 2.75) is 54.6 Å². The Morgan fingerprint density at radius 1 is 1.14 bits per heavy atom. The number of thioether (sulfide) groups is 1. The minimum atomic E-state index is -1.28. The van der Waals surface area contributed by atoms with Crippen molar-refractivity contribution in [2.24, 2.45) is 5.73 Å². The summed E-state index contributed by atoms with van der Waals surface area (Å²) in [5.41, 5.74) is 6.09. The van der Waals surface area contributed by atoms with E-state index in [9.17, 15) is 34.2 Å². The van der Waals surface area contributed by atoms with Gasteiger partial charge < -0.3 is 42.3 Å². The number of nitrogens with two attached hydrogens (primary N) is 1. The molecule has 4 amide bonds. The molecular formula is C21H31N5Na2O8S. The van der Waals surface area contributed by atoms with Crippen molar-refractivity contribution in [1.82, 2.24) is 20.9 Å². The van der Waals surface area contributed by atoms with Gasteiger partial charge in [0.2, 0.25) is 23.6 Å². The van der Waals surface area contributed by atoms with Gasteiger partial charge in [-0.15, -0.1) is 11.8 Å². The number of benzene rings is 1. The Labute approximate surface area is 261 Å². The Morgan fingerprint density at radius 3 is 2.22 bits per heavy atom. The molecule has 0 aromatic heterocycles. The monoisotopic (exact) mass is 559 g/mol. The molecule has 0 saturated carbocycles. The van der Waals surface area contributed by atoms with Gasteiger partial charge in [-0.2, -0.15) is 0 Å². The molecule has 0 unspecified atom stereocenters. The maximum absolute atomic E-state index is 13.2. The van der Waals surface area contributed by atoms with Gasteiger partial charge in [-0.25, -0.2) is 4.79 Å². The summed E-state index contributed by atoms with van der Waals surface area (Å²) >= 11 is 1.27. The van der Waals surface area contributed by atoms with Crippen LogP contribution < -0.4 is 21.7 Å². The number of carbonyl (C=O) groups excluding carboxylic acids is 4. The van der Waals surface area contributed by atoms with Gasteiger partial charge in [0.15, 0.2) is 0 Å². The van der Waals surface area contributed by atoms with E-state index in [0.717, 1.165) is 0 Å². The quantitative estimate of drug-likeness (QED) is 0.137. The number of β-lactam (4-membered cyclic amide) rings is 1. The number of aromatic hydroxyl groups is 1. The second kappa shape index (κ2) is 14.1. The number of amides is 4. The molecule has 2 fully saturated rings. The predicted octanol–water partition coefficient (Wildman–Crippen LogP) is -3.48. The standard InChI is InChI=1S/C21H27N5O7S.2Na.H2O.2H/c1-21(2)15(20(32)33)26-18(31)14(19(26)34-21)25-17(30)13(9-4-6-10(27)7-5-9)24-16(29)11(22)8-12(28)23-3;;;;;/h4-7,11,13-15,19,27H,8,22H2,1-3H3,(H,23,28)(H,24,29)(H,25,30)(H,32,33);;;1H2;;/t11-,13-,14-,15+,19-;;;;;/m1...../s1. The van der Waals surface area contributed by atoms with Gasteiger partial charge in [0.1, 0.15) is 29.2 Å². The average molecular weight is 560 g/mol. The molecule has 3 rings (SSSR count). The van der Waals surface area contributed by atoms with E-state index in [-0.39, 0.29) is 76.8 Å². The number of aliphatic carboxylic acids is 1. The Hall–Kier alpha value is -1.36. The summed E-state index contributed by atoms with van der Waals surface area (Å²) in [5.74, 6) is -3.66. The predicted molar refractivity (Wildman–Crippen MR) is 139 cm³/mol. The Bertz CT molecular complexity index is 1030. The summed E-state index contributed by atoms with van der Waals surface area (Å²) in [6.45, 7) is 3.43. The number of carboxylic acids is 1. The van der Waals surface area contributed by atoms with Gasteiger partial charge >= 0.3 is 65.1 Å². The first-order valence-electron chi connectivity index (χ1n) is 10.5. The van der Waals surface area contributed by atoms with E-state index in [1.54, 1.807) is 13.8 Å². The molecular weight excluding hydrogens is 528 g/mol. The van der Waals surface area contributed by atoms with Gasteiger partial charge in [0, 0.05) is 11.8 Å². The van der Waals surface area contributed by atoms with Crippen LogP contribution in [0.1, 0.15) is 31.9 Å². The summed E-state index contributed by atoms with van der Waals surface area (Å²) in [6.07, 6.45) is -0.299. The molecule has 16 heteroatoms. The second-order valence-electron chi connectivity index (χ2n) is 8.60. The maximum atomic E-state index is 13.2. The van der Waals surface area contributed by atoms with Crippen LogP contribution >= 0.6 is 11.8 Å². The first kappa shape index (κ1) is 35.6. The molecule has 2 aliphatic rings. The molecule has 1 aromatic rings. The third-order valence-electron chi connectivity index (χ3n) is 5.77.